The second-order valence-corrected chi connectivity index (χ2v) is 2.38. The summed E-state index contributed by atoms with van der Waals surface area (Å²) in [5.74, 6) is -2.07. The monoisotopic (exact) mass is 192 g/mol. The molecule has 0 rings (SSSR count). The van der Waals surface area contributed by atoms with Crippen molar-refractivity contribution in [2.24, 2.45) is 0 Å². The fourth-order valence-electron chi connectivity index (χ4n) is 0.428. The molecular weight excluding hydrogens is 180 g/mol. The number of ether oxygens (including phenoxy) is 1. The molecule has 1 atom stereocenters. The Bertz CT molecular complexity index is 209. The van der Waals surface area contributed by atoms with Crippen LogP contribution >= 0.6 is 0 Å². The van der Waals surface area contributed by atoms with E-state index in [2.05, 4.69) is 4.74 Å². The van der Waals surface area contributed by atoms with Crippen molar-refractivity contribution in [3.63, 3.8) is 0 Å². The van der Waals surface area contributed by atoms with Gasteiger partial charge in [0, 0.05) is 0 Å². The minimum absolute atomic E-state index is 0.354. The second kappa shape index (κ2) is 5.39. The number of carboxylic acids is 1. The van der Waals surface area contributed by atoms with E-state index < -0.39 is 24.6 Å². The molecule has 6 nitrogen and oxygen atoms in total. The maximum absolute atomic E-state index is 10.2. The Balaban J connectivity index is 4.06. The first-order valence-electron chi connectivity index (χ1n) is 3.54. The minimum Gasteiger partial charge on any atom is -0.481 e. The molecule has 0 radical (unpaired) electrons. The highest BCUT2D eigenvalue weighted by atomic mass is 16.6. The largest absolute Gasteiger partial charge is 0.481 e. The van der Waals surface area contributed by atoms with Crippen LogP contribution in [-0.2, 0) is 9.53 Å². The number of aliphatic hydroxyl groups is 3. The van der Waals surface area contributed by atoms with Crippen LogP contribution in [0, 0.1) is 0 Å². The molecule has 0 saturated carbocycles. The van der Waals surface area contributed by atoms with Crippen LogP contribution in [0.1, 0.15) is 6.92 Å². The van der Waals surface area contributed by atoms with Gasteiger partial charge in [-0.1, -0.05) is 0 Å². The first-order chi connectivity index (χ1) is 5.99. The van der Waals surface area contributed by atoms with Gasteiger partial charge in [-0.2, -0.15) is 0 Å². The van der Waals surface area contributed by atoms with Gasteiger partial charge < -0.3 is 25.2 Å². The van der Waals surface area contributed by atoms with Crippen molar-refractivity contribution in [1.29, 1.82) is 0 Å². The number of hydrogen-bond donors (Lipinski definition) is 4. The quantitative estimate of drug-likeness (QED) is 0.336. The molecule has 1 unspecified atom stereocenters. The van der Waals surface area contributed by atoms with E-state index in [-0.39, 0.29) is 12.2 Å². The standard InChI is InChI=1S/C7H12O6/c1-4(6(10)11)7(12)13-3-5(9)2-8/h5,8-9,12H,2-3H2,1H3,(H,10,11). The summed E-state index contributed by atoms with van der Waals surface area (Å²) in [5.41, 5.74) is -0.356. The van der Waals surface area contributed by atoms with E-state index in [0.717, 1.165) is 6.92 Å². The summed E-state index contributed by atoms with van der Waals surface area (Å²) in [7, 11) is 0. The molecule has 0 aliphatic heterocycles. The van der Waals surface area contributed by atoms with Gasteiger partial charge in [0.25, 0.3) is 5.95 Å². The SMILES string of the molecule is CC(C(=O)O)=C(O)OCC(O)CO. The van der Waals surface area contributed by atoms with Gasteiger partial charge in [0.15, 0.2) is 0 Å². The molecular formula is C7H12O6. The van der Waals surface area contributed by atoms with E-state index in [1.807, 2.05) is 0 Å². The number of carboxylic acid groups (broad SMARTS) is 1. The molecule has 0 heterocycles. The Kier molecular flexibility index (Phi) is 4.86. The molecule has 0 fully saturated rings. The van der Waals surface area contributed by atoms with Gasteiger partial charge in [-0.15, -0.1) is 0 Å². The summed E-state index contributed by atoms with van der Waals surface area (Å²) in [5, 5.41) is 34.4. The van der Waals surface area contributed by atoms with Crippen molar-refractivity contribution in [3.8, 4) is 0 Å². The van der Waals surface area contributed by atoms with Crippen molar-refractivity contribution in [2.45, 2.75) is 13.0 Å². The van der Waals surface area contributed by atoms with Gasteiger partial charge in [0.05, 0.1) is 6.61 Å². The van der Waals surface area contributed by atoms with Crippen LogP contribution in [0.3, 0.4) is 0 Å². The average Bonchev–Trinajstić information content (AvgIpc) is 2.11. The maximum Gasteiger partial charge on any atom is 0.338 e. The van der Waals surface area contributed by atoms with Crippen molar-refractivity contribution in [2.75, 3.05) is 13.2 Å². The lowest BCUT2D eigenvalue weighted by atomic mass is 10.3. The van der Waals surface area contributed by atoms with E-state index >= 15 is 0 Å². The highest BCUT2D eigenvalue weighted by molar-refractivity contribution is 5.85. The average molecular weight is 192 g/mol. The van der Waals surface area contributed by atoms with Crippen LogP contribution in [0.5, 0.6) is 0 Å². The summed E-state index contributed by atoms with van der Waals surface area (Å²) >= 11 is 0. The molecule has 6 heteroatoms. The lowest BCUT2D eigenvalue weighted by molar-refractivity contribution is -0.133. The van der Waals surface area contributed by atoms with E-state index in [9.17, 15) is 4.79 Å². The van der Waals surface area contributed by atoms with Gasteiger partial charge in [0.2, 0.25) is 0 Å². The van der Waals surface area contributed by atoms with E-state index in [1.54, 1.807) is 0 Å². The van der Waals surface area contributed by atoms with Gasteiger partial charge in [0.1, 0.15) is 18.3 Å². The molecule has 76 valence electrons. The van der Waals surface area contributed by atoms with Gasteiger partial charge in [-0.3, -0.25) is 0 Å². The smallest absolute Gasteiger partial charge is 0.338 e. The molecule has 0 aromatic rings. The zero-order valence-electron chi connectivity index (χ0n) is 7.10. The predicted octanol–water partition coefficient (Wildman–Crippen LogP) is -0.770. The second-order valence-electron chi connectivity index (χ2n) is 2.38. The van der Waals surface area contributed by atoms with E-state index in [1.165, 1.54) is 0 Å². The topological polar surface area (TPSA) is 107 Å². The summed E-state index contributed by atoms with van der Waals surface area (Å²) in [6, 6.07) is 0. The molecule has 0 amide bonds. The highest BCUT2D eigenvalue weighted by Gasteiger charge is 2.11. The minimum atomic E-state index is -1.31. The summed E-state index contributed by atoms with van der Waals surface area (Å²) < 4.78 is 4.46. The highest BCUT2D eigenvalue weighted by Crippen LogP contribution is 2.02. The predicted molar refractivity (Wildman–Crippen MR) is 42.0 cm³/mol. The van der Waals surface area contributed by atoms with Gasteiger partial charge >= 0.3 is 5.97 Å². The normalized spacial score (nSPS) is 14.7. The third-order valence-corrected chi connectivity index (χ3v) is 1.26. The van der Waals surface area contributed by atoms with Gasteiger partial charge in [-0.25, -0.2) is 4.79 Å². The van der Waals surface area contributed by atoms with Gasteiger partial charge in [-0.05, 0) is 6.92 Å². The van der Waals surface area contributed by atoms with Crippen molar-refractivity contribution in [3.05, 3.63) is 11.5 Å². The maximum atomic E-state index is 10.2. The summed E-state index contributed by atoms with van der Waals surface area (Å²) in [6.07, 6.45) is -1.14. The molecule has 0 aliphatic carbocycles. The first-order valence-corrected chi connectivity index (χ1v) is 3.54. The Morgan fingerprint density at radius 1 is 1.46 bits per heavy atom. The van der Waals surface area contributed by atoms with Crippen molar-refractivity contribution < 1.29 is 30.0 Å². The number of hydrogen-bond acceptors (Lipinski definition) is 5. The van der Waals surface area contributed by atoms with Crippen molar-refractivity contribution >= 4 is 5.97 Å². The molecule has 4 N–H and O–H groups in total. The fourth-order valence-corrected chi connectivity index (χ4v) is 0.428. The fraction of sp³-hybridized carbons (Fsp3) is 0.571. The number of rotatable bonds is 5. The molecule has 0 spiro atoms. The first kappa shape index (κ1) is 11.7. The Morgan fingerprint density at radius 2 is 2.00 bits per heavy atom. The van der Waals surface area contributed by atoms with E-state index in [4.69, 9.17) is 20.4 Å². The molecule has 0 aliphatic rings. The molecule has 0 saturated heterocycles. The van der Waals surface area contributed by atoms with Crippen LogP contribution in [0.2, 0.25) is 0 Å². The summed E-state index contributed by atoms with van der Waals surface area (Å²) in [6.45, 7) is 0.287. The lowest BCUT2D eigenvalue weighted by Crippen LogP contribution is -2.20. The third-order valence-electron chi connectivity index (χ3n) is 1.26. The molecule has 0 aromatic heterocycles. The Morgan fingerprint density at radius 3 is 2.38 bits per heavy atom. The third kappa shape index (κ3) is 4.34. The van der Waals surface area contributed by atoms with Crippen LogP contribution in [0.4, 0.5) is 0 Å². The molecule has 0 bridgehead atoms. The van der Waals surface area contributed by atoms with E-state index in [0.29, 0.717) is 0 Å². The number of carbonyl (C=O) groups is 1. The Labute approximate surface area is 74.7 Å². The zero-order chi connectivity index (χ0) is 10.4. The Hall–Kier alpha value is -1.27. The number of aliphatic hydroxyl groups excluding tert-OH is 3. The molecule has 0 aromatic carbocycles. The van der Waals surface area contributed by atoms with Crippen LogP contribution < -0.4 is 0 Å². The lowest BCUT2D eigenvalue weighted by Gasteiger charge is -2.09. The molecule has 13 heavy (non-hydrogen) atoms. The van der Waals surface area contributed by atoms with Crippen LogP contribution in [-0.4, -0.2) is 45.7 Å². The number of aliphatic carboxylic acids is 1. The van der Waals surface area contributed by atoms with Crippen LogP contribution in [0.25, 0.3) is 0 Å². The zero-order valence-corrected chi connectivity index (χ0v) is 7.10. The van der Waals surface area contributed by atoms with Crippen molar-refractivity contribution in [1.82, 2.24) is 0 Å². The van der Waals surface area contributed by atoms with Crippen LogP contribution in [0.15, 0.2) is 11.5 Å². The summed E-state index contributed by atoms with van der Waals surface area (Å²) in [4.78, 5) is 10.2.